The Balaban J connectivity index is 0.000000124. The predicted octanol–water partition coefficient (Wildman–Crippen LogP) is 23.3. The van der Waals surface area contributed by atoms with Crippen LogP contribution in [0.2, 0.25) is 0 Å². The van der Waals surface area contributed by atoms with Gasteiger partial charge < -0.3 is 0 Å². The normalized spacial score (nSPS) is 26.0. The molecule has 2 spiro atoms. The summed E-state index contributed by atoms with van der Waals surface area (Å²) < 4.78 is 0. The van der Waals surface area contributed by atoms with Gasteiger partial charge in [0, 0.05) is 10.8 Å². The first kappa shape index (κ1) is 50.2. The van der Waals surface area contributed by atoms with Gasteiger partial charge in [0.15, 0.2) is 0 Å². The van der Waals surface area contributed by atoms with Crippen LogP contribution in [0.1, 0.15) is 86.5 Å². The fourth-order valence-corrected chi connectivity index (χ4v) is 22.1. The molecule has 0 heterocycles. The topological polar surface area (TPSA) is 0 Å². The van der Waals surface area contributed by atoms with E-state index in [0.717, 1.165) is 47.3 Å². The van der Waals surface area contributed by atoms with Gasteiger partial charge in [-0.05, 0) is 267 Å². The lowest BCUT2D eigenvalue weighted by molar-refractivity contribution is -0.0399. The van der Waals surface area contributed by atoms with Crippen LogP contribution in [-0.4, -0.2) is 0 Å². The highest BCUT2D eigenvalue weighted by molar-refractivity contribution is 6.24. The van der Waals surface area contributed by atoms with E-state index >= 15 is 0 Å². The van der Waals surface area contributed by atoms with Gasteiger partial charge in [0.2, 0.25) is 0 Å². The molecular weight excluding hydrogens is 1060 g/mol. The molecule has 88 heavy (non-hydrogen) atoms. The minimum absolute atomic E-state index is 0.170. The second-order valence-electron chi connectivity index (χ2n) is 28.5. The zero-order chi connectivity index (χ0) is 57.4. The van der Waals surface area contributed by atoms with Gasteiger partial charge in [0.05, 0.1) is 0 Å². The van der Waals surface area contributed by atoms with Crippen molar-refractivity contribution in [3.63, 3.8) is 0 Å². The van der Waals surface area contributed by atoms with Gasteiger partial charge in [-0.3, -0.25) is 0 Å². The molecule has 0 saturated heterocycles. The van der Waals surface area contributed by atoms with Crippen LogP contribution in [0.15, 0.2) is 255 Å². The molecule has 8 saturated carbocycles. The summed E-state index contributed by atoms with van der Waals surface area (Å²) in [6.45, 7) is 0. The zero-order valence-corrected chi connectivity index (χ0v) is 49.9. The van der Waals surface area contributed by atoms with Crippen LogP contribution >= 0.6 is 0 Å². The minimum atomic E-state index is 0.170. The monoisotopic (exact) mass is 1130 g/mol. The second kappa shape index (κ2) is 18.8. The van der Waals surface area contributed by atoms with Crippen LogP contribution in [-0.2, 0) is 10.8 Å². The maximum atomic E-state index is 2.67. The largest absolute Gasteiger partial charge is 0.0622 e. The molecule has 0 atom stereocenters. The van der Waals surface area contributed by atoms with Gasteiger partial charge in [0.1, 0.15) is 0 Å². The molecule has 0 heteroatoms. The Hall–Kier alpha value is -8.84. The van der Waals surface area contributed by atoms with Crippen molar-refractivity contribution in [3.05, 3.63) is 277 Å². The molecule has 0 amide bonds. The highest BCUT2D eigenvalue weighted by Gasteiger charge is 2.63. The van der Waals surface area contributed by atoms with Crippen LogP contribution in [0.4, 0.5) is 0 Å². The van der Waals surface area contributed by atoms with Crippen molar-refractivity contribution < 1.29 is 0 Å². The van der Waals surface area contributed by atoms with Crippen molar-refractivity contribution in [1.29, 1.82) is 0 Å². The number of benzene rings is 13. The van der Waals surface area contributed by atoms with Gasteiger partial charge in [-0.1, -0.05) is 243 Å². The lowest BCUT2D eigenvalue weighted by Crippen LogP contribution is -2.55. The third-order valence-electron chi connectivity index (χ3n) is 24.7. The molecule has 13 aromatic rings. The lowest BCUT2D eigenvalue weighted by Gasteiger charge is -2.61. The fourth-order valence-electron chi connectivity index (χ4n) is 22.1. The van der Waals surface area contributed by atoms with E-state index < -0.39 is 0 Å². The number of hydrogen-bond donors (Lipinski definition) is 0. The van der Waals surface area contributed by atoms with Gasteiger partial charge >= 0.3 is 0 Å². The smallest absolute Gasteiger partial charge is 0.0272 e. The van der Waals surface area contributed by atoms with Crippen LogP contribution in [0.25, 0.3) is 121 Å². The zero-order valence-electron chi connectivity index (χ0n) is 49.9. The van der Waals surface area contributed by atoms with E-state index in [9.17, 15) is 0 Å². The SMILES string of the molecule is c1ccc(-c2c3ccccc3c(-c3ccc4c(c3)C3(c5ccccc5-4)C4CC5CC(C4)CC3C5)c3ccccc23)cc1.c1ccc2c(c1)-c1ccc(-c3c4ccccc4c(-c4cccc5ccccc45)c4ccccc34)cc1C21C2CC3CC(C2)CC1C3. The Morgan fingerprint density at radius 2 is 0.511 bits per heavy atom. The van der Waals surface area contributed by atoms with Gasteiger partial charge in [-0.15, -0.1) is 0 Å². The highest BCUT2D eigenvalue weighted by atomic mass is 14.7. The number of hydrogen-bond acceptors (Lipinski definition) is 0. The first-order valence-electron chi connectivity index (χ1n) is 33.5. The van der Waals surface area contributed by atoms with E-state index in [1.807, 2.05) is 0 Å². The molecule has 8 bridgehead atoms. The molecule has 0 aliphatic heterocycles. The van der Waals surface area contributed by atoms with Crippen LogP contribution in [0.3, 0.4) is 0 Å². The Kier molecular flexibility index (Phi) is 10.7. The molecule has 13 aromatic carbocycles. The summed E-state index contributed by atoms with van der Waals surface area (Å²) >= 11 is 0. The molecule has 0 nitrogen and oxygen atoms in total. The van der Waals surface area contributed by atoms with Gasteiger partial charge in [-0.25, -0.2) is 0 Å². The molecule has 0 radical (unpaired) electrons. The standard InChI is InChI=1S/C46H36.C42H34/c1-2-12-34-30(10-1)11-9-18-37(34)45-40-16-5-3-14-38(40)44(39-15-4-6-17-41(39)45)31-20-21-36-35-13-7-8-19-42(35)46(43(36)27-31)32-23-28-22-29(25-32)26-33(46)24-28;1-2-10-28(11-3-1)40-34-13-4-6-15-36(34)41(37-16-7-5-14-35(37)40)29-18-19-33-32-12-8-9-17-38(32)42(39(33)25-29)30-21-26-20-27(23-30)24-31(42)22-26/h1-21,27-29,32-33H,22-26H2;1-19,25-27,30-31H,20-24H2. The molecule has 0 N–H and O–H groups in total. The molecule has 0 aromatic heterocycles. The Bertz CT molecular complexity index is 4900. The summed E-state index contributed by atoms with van der Waals surface area (Å²) in [6, 6.07) is 97.3. The molecule has 422 valence electrons. The third kappa shape index (κ3) is 6.82. The molecular formula is C88H70. The van der Waals surface area contributed by atoms with Gasteiger partial charge in [-0.2, -0.15) is 0 Å². The van der Waals surface area contributed by atoms with E-state index in [0.29, 0.717) is 0 Å². The molecule has 8 fully saturated rings. The van der Waals surface area contributed by atoms with Crippen molar-refractivity contribution in [2.24, 2.45) is 47.3 Å². The van der Waals surface area contributed by atoms with Crippen molar-refractivity contribution >= 4 is 53.9 Å². The van der Waals surface area contributed by atoms with Crippen LogP contribution in [0, 0.1) is 47.3 Å². The summed E-state index contributed by atoms with van der Waals surface area (Å²) in [7, 11) is 0. The summed E-state index contributed by atoms with van der Waals surface area (Å²) in [4.78, 5) is 0. The minimum Gasteiger partial charge on any atom is -0.0622 e. The Morgan fingerprint density at radius 1 is 0.205 bits per heavy atom. The first-order chi connectivity index (χ1) is 43.6. The number of fused-ring (bicyclic) bond motifs is 11. The summed E-state index contributed by atoms with van der Waals surface area (Å²) in [5.74, 6) is 6.89. The van der Waals surface area contributed by atoms with E-state index in [-0.39, 0.29) is 10.8 Å². The number of rotatable bonds is 4. The summed E-state index contributed by atoms with van der Waals surface area (Å²) in [6.07, 6.45) is 14.3. The van der Waals surface area contributed by atoms with Crippen molar-refractivity contribution in [2.45, 2.75) is 75.0 Å². The van der Waals surface area contributed by atoms with Crippen molar-refractivity contribution in [3.8, 4) is 66.8 Å². The fraction of sp³-hybridized carbons (Fsp3) is 0.227. The predicted molar refractivity (Wildman–Crippen MR) is 369 cm³/mol. The van der Waals surface area contributed by atoms with Crippen molar-refractivity contribution in [2.75, 3.05) is 0 Å². The highest BCUT2D eigenvalue weighted by Crippen LogP contribution is 2.71. The maximum Gasteiger partial charge on any atom is 0.0272 e. The second-order valence-corrected chi connectivity index (χ2v) is 28.5. The van der Waals surface area contributed by atoms with E-state index in [1.54, 1.807) is 22.3 Å². The van der Waals surface area contributed by atoms with Crippen molar-refractivity contribution in [1.82, 2.24) is 0 Å². The van der Waals surface area contributed by atoms with Crippen LogP contribution < -0.4 is 0 Å². The average Bonchev–Trinajstić information content (AvgIpc) is 1.48. The van der Waals surface area contributed by atoms with E-state index in [2.05, 4.69) is 255 Å². The van der Waals surface area contributed by atoms with Gasteiger partial charge in [0.25, 0.3) is 0 Å². The van der Waals surface area contributed by atoms with Crippen LogP contribution in [0.5, 0.6) is 0 Å². The Morgan fingerprint density at radius 3 is 0.932 bits per heavy atom. The summed E-state index contributed by atoms with van der Waals surface area (Å²) in [5, 5.41) is 13.3. The molecule has 10 aliphatic rings. The Labute approximate surface area is 516 Å². The third-order valence-corrected chi connectivity index (χ3v) is 24.7. The molecule has 23 rings (SSSR count). The average molecular weight is 1130 g/mol. The maximum absolute atomic E-state index is 2.67. The quantitative estimate of drug-likeness (QED) is 0.154. The lowest BCUT2D eigenvalue weighted by atomic mass is 9.43. The van der Waals surface area contributed by atoms with E-state index in [1.165, 1.54) is 185 Å². The van der Waals surface area contributed by atoms with E-state index in [4.69, 9.17) is 0 Å². The summed E-state index contributed by atoms with van der Waals surface area (Å²) in [5.41, 5.74) is 23.7. The first-order valence-corrected chi connectivity index (χ1v) is 33.5. The molecule has 10 aliphatic carbocycles. The molecule has 0 unspecified atom stereocenters.